The van der Waals surface area contributed by atoms with Gasteiger partial charge in [0.1, 0.15) is 0 Å². The van der Waals surface area contributed by atoms with Crippen LogP contribution < -0.4 is 5.32 Å². The van der Waals surface area contributed by atoms with Gasteiger partial charge >= 0.3 is 12.0 Å². The number of carbonyl (C=O) groups excluding carboxylic acids is 3. The number of likely N-dealkylation sites (tertiary alicyclic amines) is 1. The number of carbonyl (C=O) groups is 3. The van der Waals surface area contributed by atoms with Crippen molar-refractivity contribution in [2.24, 2.45) is 0 Å². The first kappa shape index (κ1) is 30.8. The molecule has 1 saturated carbocycles. The SMILES string of the molecule is COC(=O)c1cccc(CN2C[C@@H](c3ccccc3)N(C3CCN(Cc4ccc(C(=O)NC5CCCCC5)cc4)CC3)C2=O)c1. The minimum Gasteiger partial charge on any atom is -0.465 e. The standard InChI is InChI=1S/C37H44N4O4/c1-45-36(43)31-12-8-9-28(23-31)25-40-26-34(29-10-4-2-5-11-29)41(37(40)44)33-19-21-39(22-20-33)24-27-15-17-30(18-16-27)35(42)38-32-13-6-3-7-14-32/h2,4-5,8-12,15-18,23,32-34H,3,6-7,13-14,19-22,24-26H2,1H3,(H,38,42)/t34-/m0/s1. The van der Waals surface area contributed by atoms with Gasteiger partial charge in [-0.25, -0.2) is 9.59 Å². The maximum absolute atomic E-state index is 14.0. The lowest BCUT2D eigenvalue weighted by molar-refractivity contribution is 0.0600. The van der Waals surface area contributed by atoms with Gasteiger partial charge in [-0.2, -0.15) is 0 Å². The van der Waals surface area contributed by atoms with Crippen molar-refractivity contribution < 1.29 is 19.1 Å². The average Bonchev–Trinajstić information content (AvgIpc) is 3.41. The Labute approximate surface area is 266 Å². The zero-order valence-electron chi connectivity index (χ0n) is 26.2. The molecule has 0 spiro atoms. The second-order valence-corrected chi connectivity index (χ2v) is 12.7. The van der Waals surface area contributed by atoms with Crippen LogP contribution in [-0.4, -0.2) is 71.4 Å². The van der Waals surface area contributed by atoms with E-state index in [4.69, 9.17) is 4.74 Å². The smallest absolute Gasteiger partial charge is 0.337 e. The largest absolute Gasteiger partial charge is 0.465 e. The Morgan fingerprint density at radius 1 is 0.800 bits per heavy atom. The molecule has 1 N–H and O–H groups in total. The van der Waals surface area contributed by atoms with Crippen molar-refractivity contribution in [2.75, 3.05) is 26.7 Å². The third kappa shape index (κ3) is 7.39. The van der Waals surface area contributed by atoms with E-state index < -0.39 is 0 Å². The van der Waals surface area contributed by atoms with Crippen molar-refractivity contribution in [3.8, 4) is 0 Å². The molecule has 3 amide bonds. The lowest BCUT2D eigenvalue weighted by atomic mass is 9.95. The van der Waals surface area contributed by atoms with E-state index in [0.717, 1.165) is 62.0 Å². The van der Waals surface area contributed by atoms with Crippen LogP contribution in [0.5, 0.6) is 0 Å². The number of methoxy groups -OCH3 is 1. The first-order chi connectivity index (χ1) is 22.0. The molecule has 1 atom stereocenters. The summed E-state index contributed by atoms with van der Waals surface area (Å²) in [6.45, 7) is 3.68. The fraction of sp³-hybridized carbons (Fsp3) is 0.432. The number of amides is 3. The highest BCUT2D eigenvalue weighted by Gasteiger charge is 2.42. The van der Waals surface area contributed by atoms with Crippen molar-refractivity contribution in [2.45, 2.75) is 76.2 Å². The van der Waals surface area contributed by atoms with Crippen LogP contribution in [0.15, 0.2) is 78.9 Å². The lowest BCUT2D eigenvalue weighted by Crippen LogP contribution is -2.47. The normalized spacial score (nSPS) is 19.9. The molecule has 2 aliphatic heterocycles. The number of benzene rings is 3. The zero-order valence-corrected chi connectivity index (χ0v) is 26.2. The summed E-state index contributed by atoms with van der Waals surface area (Å²) >= 11 is 0. The number of nitrogens with zero attached hydrogens (tertiary/aromatic N) is 3. The highest BCUT2D eigenvalue weighted by molar-refractivity contribution is 5.94. The summed E-state index contributed by atoms with van der Waals surface area (Å²) in [6.07, 6.45) is 7.64. The minimum absolute atomic E-state index is 0.0219. The second-order valence-electron chi connectivity index (χ2n) is 12.7. The molecular weight excluding hydrogens is 564 g/mol. The number of urea groups is 1. The van der Waals surface area contributed by atoms with Gasteiger partial charge in [-0.05, 0) is 66.6 Å². The number of rotatable bonds is 9. The van der Waals surface area contributed by atoms with Gasteiger partial charge in [0.2, 0.25) is 0 Å². The summed E-state index contributed by atoms with van der Waals surface area (Å²) in [5.74, 6) is -0.348. The van der Waals surface area contributed by atoms with Gasteiger partial charge in [0.15, 0.2) is 0 Å². The van der Waals surface area contributed by atoms with Crippen LogP contribution in [-0.2, 0) is 17.8 Å². The fourth-order valence-corrected chi connectivity index (χ4v) is 7.18. The maximum Gasteiger partial charge on any atom is 0.337 e. The Morgan fingerprint density at radius 2 is 1.53 bits per heavy atom. The van der Waals surface area contributed by atoms with Gasteiger partial charge in [-0.3, -0.25) is 9.69 Å². The third-order valence-electron chi connectivity index (χ3n) is 9.64. The second kappa shape index (κ2) is 14.3. The fourth-order valence-electron chi connectivity index (χ4n) is 7.18. The molecule has 0 radical (unpaired) electrons. The lowest BCUT2D eigenvalue weighted by Gasteiger charge is -2.39. The molecule has 6 rings (SSSR count). The molecule has 8 nitrogen and oxygen atoms in total. The Kier molecular flexibility index (Phi) is 9.79. The van der Waals surface area contributed by atoms with Crippen LogP contribution in [0.4, 0.5) is 4.79 Å². The van der Waals surface area contributed by atoms with Crippen LogP contribution in [0.3, 0.4) is 0 Å². The van der Waals surface area contributed by atoms with Crippen LogP contribution in [0.25, 0.3) is 0 Å². The topological polar surface area (TPSA) is 82.2 Å². The van der Waals surface area contributed by atoms with Crippen LogP contribution in [0.2, 0.25) is 0 Å². The Bertz CT molecular complexity index is 1460. The Balaban J connectivity index is 1.07. The van der Waals surface area contributed by atoms with Crippen LogP contribution in [0.1, 0.15) is 88.4 Å². The summed E-state index contributed by atoms with van der Waals surface area (Å²) in [5, 5.41) is 3.21. The van der Waals surface area contributed by atoms with Crippen molar-refractivity contribution in [3.63, 3.8) is 0 Å². The monoisotopic (exact) mass is 608 g/mol. The van der Waals surface area contributed by atoms with Crippen molar-refractivity contribution in [1.82, 2.24) is 20.0 Å². The van der Waals surface area contributed by atoms with Gasteiger partial charge in [0.05, 0.1) is 18.7 Å². The highest BCUT2D eigenvalue weighted by Crippen LogP contribution is 2.35. The predicted octanol–water partition coefficient (Wildman–Crippen LogP) is 6.18. The molecule has 236 valence electrons. The summed E-state index contributed by atoms with van der Waals surface area (Å²) in [7, 11) is 1.38. The van der Waals surface area contributed by atoms with E-state index >= 15 is 0 Å². The molecule has 1 aliphatic carbocycles. The summed E-state index contributed by atoms with van der Waals surface area (Å²) in [5.41, 5.74) is 4.47. The van der Waals surface area contributed by atoms with Crippen LogP contribution >= 0.6 is 0 Å². The third-order valence-corrected chi connectivity index (χ3v) is 9.64. The highest BCUT2D eigenvalue weighted by atomic mass is 16.5. The molecule has 3 aromatic carbocycles. The molecular formula is C37H44N4O4. The number of hydrogen-bond donors (Lipinski definition) is 1. The zero-order chi connectivity index (χ0) is 31.2. The van der Waals surface area contributed by atoms with E-state index in [2.05, 4.69) is 39.4 Å². The van der Waals surface area contributed by atoms with E-state index in [1.54, 1.807) is 6.07 Å². The molecule has 2 heterocycles. The number of ether oxygens (including phenoxy) is 1. The quantitative estimate of drug-likeness (QED) is 0.294. The van der Waals surface area contributed by atoms with Crippen molar-refractivity contribution in [1.29, 1.82) is 0 Å². The van der Waals surface area contributed by atoms with E-state index in [-0.39, 0.29) is 30.0 Å². The van der Waals surface area contributed by atoms with Gasteiger partial charge in [-0.1, -0.05) is 73.9 Å². The van der Waals surface area contributed by atoms with Crippen molar-refractivity contribution >= 4 is 17.9 Å². The molecule has 2 saturated heterocycles. The molecule has 3 fully saturated rings. The average molecular weight is 609 g/mol. The predicted molar refractivity (Wildman–Crippen MR) is 174 cm³/mol. The van der Waals surface area contributed by atoms with E-state index in [0.29, 0.717) is 24.7 Å². The number of hydrogen-bond acceptors (Lipinski definition) is 5. The summed E-state index contributed by atoms with van der Waals surface area (Å²) in [6, 6.07) is 26.2. The molecule has 8 heteroatoms. The van der Waals surface area contributed by atoms with Gasteiger partial charge in [0, 0.05) is 50.4 Å². The van der Waals surface area contributed by atoms with Gasteiger partial charge < -0.3 is 19.9 Å². The molecule has 3 aromatic rings. The van der Waals surface area contributed by atoms with Crippen molar-refractivity contribution in [3.05, 3.63) is 107 Å². The van der Waals surface area contributed by atoms with E-state index in [1.165, 1.54) is 31.9 Å². The Morgan fingerprint density at radius 3 is 2.24 bits per heavy atom. The maximum atomic E-state index is 14.0. The Hall–Kier alpha value is -4.17. The molecule has 0 unspecified atom stereocenters. The van der Waals surface area contributed by atoms with Gasteiger partial charge in [-0.15, -0.1) is 0 Å². The number of esters is 1. The summed E-state index contributed by atoms with van der Waals surface area (Å²) < 4.78 is 4.89. The first-order valence-corrected chi connectivity index (χ1v) is 16.4. The number of piperidine rings is 1. The molecule has 0 bridgehead atoms. The molecule has 0 aromatic heterocycles. The van der Waals surface area contributed by atoms with Crippen LogP contribution in [0, 0.1) is 0 Å². The molecule has 45 heavy (non-hydrogen) atoms. The van der Waals surface area contributed by atoms with Gasteiger partial charge in [0.25, 0.3) is 5.91 Å². The van der Waals surface area contributed by atoms with E-state index in [9.17, 15) is 14.4 Å². The minimum atomic E-state index is -0.378. The first-order valence-electron chi connectivity index (χ1n) is 16.4. The molecule has 3 aliphatic rings. The summed E-state index contributed by atoms with van der Waals surface area (Å²) in [4.78, 5) is 45.2. The van der Waals surface area contributed by atoms with E-state index in [1.807, 2.05) is 53.4 Å². The number of nitrogens with one attached hydrogen (secondary N) is 1.